The molecular formula is C7H16NO2PS. The van der Waals surface area contributed by atoms with Gasteiger partial charge >= 0.3 is 0 Å². The molecule has 0 saturated carbocycles. The highest BCUT2D eigenvalue weighted by atomic mass is 32.5. The molecule has 0 bridgehead atoms. The molecule has 1 aliphatic heterocycles. The van der Waals surface area contributed by atoms with Crippen molar-refractivity contribution in [3.05, 3.63) is 0 Å². The van der Waals surface area contributed by atoms with Crippen LogP contribution >= 0.6 is 6.64 Å². The quantitative estimate of drug-likeness (QED) is 0.719. The predicted octanol–water partition coefficient (Wildman–Crippen LogP) is 1.89. The van der Waals surface area contributed by atoms with Crippen LogP contribution in [0.15, 0.2) is 0 Å². The number of nitrogens with one attached hydrogen (secondary N) is 1. The monoisotopic (exact) mass is 209 g/mol. The lowest BCUT2D eigenvalue weighted by Gasteiger charge is -2.16. The molecule has 1 unspecified atom stereocenters. The van der Waals surface area contributed by atoms with Crippen molar-refractivity contribution < 1.29 is 9.05 Å². The highest BCUT2D eigenvalue weighted by Crippen LogP contribution is 2.49. The predicted molar refractivity (Wildman–Crippen MR) is 53.6 cm³/mol. The molecule has 1 rings (SSSR count). The largest absolute Gasteiger partial charge is 0.318 e. The molecule has 72 valence electrons. The standard InChI is InChI=1S/C7H16NO2PS/c1-4-9-11(12)8-7(5-10-11)6(2)3/h6-7H,4-5H2,1-3H3,(H,8,12)/t7-,11?/m1/s1. The van der Waals surface area contributed by atoms with E-state index in [1.54, 1.807) is 0 Å². The van der Waals surface area contributed by atoms with Crippen molar-refractivity contribution in [2.24, 2.45) is 5.92 Å². The van der Waals surface area contributed by atoms with Crippen molar-refractivity contribution in [3.8, 4) is 0 Å². The van der Waals surface area contributed by atoms with Gasteiger partial charge in [0.15, 0.2) is 0 Å². The van der Waals surface area contributed by atoms with Crippen LogP contribution in [0.4, 0.5) is 0 Å². The van der Waals surface area contributed by atoms with Crippen molar-refractivity contribution in [1.82, 2.24) is 5.09 Å². The van der Waals surface area contributed by atoms with Crippen LogP contribution in [0, 0.1) is 5.92 Å². The first-order chi connectivity index (χ1) is 5.57. The Balaban J connectivity index is 2.49. The summed E-state index contributed by atoms with van der Waals surface area (Å²) in [5, 5.41) is 3.25. The van der Waals surface area contributed by atoms with Crippen LogP contribution in [0.25, 0.3) is 0 Å². The van der Waals surface area contributed by atoms with Crippen molar-refractivity contribution in [1.29, 1.82) is 0 Å². The molecule has 1 N–H and O–H groups in total. The Labute approximate surface area is 79.0 Å². The maximum Gasteiger partial charge on any atom is 0.261 e. The number of rotatable bonds is 3. The third kappa shape index (κ3) is 2.51. The molecule has 0 spiro atoms. The second-order valence-corrected chi connectivity index (χ2v) is 6.40. The summed E-state index contributed by atoms with van der Waals surface area (Å²) in [5.41, 5.74) is 0. The zero-order chi connectivity index (χ0) is 9.19. The van der Waals surface area contributed by atoms with E-state index in [0.29, 0.717) is 25.2 Å². The van der Waals surface area contributed by atoms with Gasteiger partial charge in [0.1, 0.15) is 0 Å². The fraction of sp³-hybridized carbons (Fsp3) is 1.00. The summed E-state index contributed by atoms with van der Waals surface area (Å²) in [6.45, 7) is 5.45. The van der Waals surface area contributed by atoms with Gasteiger partial charge in [-0.15, -0.1) is 0 Å². The van der Waals surface area contributed by atoms with Crippen molar-refractivity contribution in [2.45, 2.75) is 26.8 Å². The highest BCUT2D eigenvalue weighted by molar-refractivity contribution is 8.09. The normalized spacial score (nSPS) is 36.2. The van der Waals surface area contributed by atoms with Crippen LogP contribution < -0.4 is 5.09 Å². The molecule has 1 saturated heterocycles. The summed E-state index contributed by atoms with van der Waals surface area (Å²) in [7, 11) is 0. The van der Waals surface area contributed by atoms with Gasteiger partial charge in [0, 0.05) is 6.04 Å². The van der Waals surface area contributed by atoms with Gasteiger partial charge < -0.3 is 9.05 Å². The average Bonchev–Trinajstić information content (AvgIpc) is 2.33. The van der Waals surface area contributed by atoms with Crippen LogP contribution in [0.5, 0.6) is 0 Å². The zero-order valence-electron chi connectivity index (χ0n) is 7.74. The lowest BCUT2D eigenvalue weighted by molar-refractivity contribution is 0.270. The van der Waals surface area contributed by atoms with Crippen molar-refractivity contribution >= 4 is 18.4 Å². The Morgan fingerprint density at radius 3 is 2.83 bits per heavy atom. The molecule has 2 atom stereocenters. The Bertz CT molecular complexity index is 198. The first-order valence-corrected chi connectivity index (χ1v) is 6.88. The zero-order valence-corrected chi connectivity index (χ0v) is 9.45. The minimum atomic E-state index is -2.10. The van der Waals surface area contributed by atoms with Crippen LogP contribution in [-0.4, -0.2) is 19.3 Å². The lowest BCUT2D eigenvalue weighted by atomic mass is 10.1. The van der Waals surface area contributed by atoms with E-state index in [1.165, 1.54) is 0 Å². The van der Waals surface area contributed by atoms with Crippen molar-refractivity contribution in [2.75, 3.05) is 13.2 Å². The van der Waals surface area contributed by atoms with E-state index in [0.717, 1.165) is 0 Å². The first kappa shape index (κ1) is 10.6. The topological polar surface area (TPSA) is 30.5 Å². The van der Waals surface area contributed by atoms with Gasteiger partial charge in [0.05, 0.1) is 13.2 Å². The molecule has 5 heteroatoms. The first-order valence-electron chi connectivity index (χ1n) is 4.24. The lowest BCUT2D eigenvalue weighted by Crippen LogP contribution is -2.27. The van der Waals surface area contributed by atoms with Crippen LogP contribution in [0.1, 0.15) is 20.8 Å². The van der Waals surface area contributed by atoms with Gasteiger partial charge in [-0.1, -0.05) is 13.8 Å². The maximum absolute atomic E-state index is 5.45. The van der Waals surface area contributed by atoms with Crippen molar-refractivity contribution in [3.63, 3.8) is 0 Å². The molecular weight excluding hydrogens is 193 g/mol. The summed E-state index contributed by atoms with van der Waals surface area (Å²) in [5.74, 6) is 0.551. The number of hydrogen-bond donors (Lipinski definition) is 1. The Kier molecular flexibility index (Phi) is 3.68. The highest BCUT2D eigenvalue weighted by Gasteiger charge is 2.32. The smallest absolute Gasteiger partial charge is 0.261 e. The molecule has 12 heavy (non-hydrogen) atoms. The van der Waals surface area contributed by atoms with Gasteiger partial charge in [-0.25, -0.2) is 5.09 Å². The third-order valence-corrected chi connectivity index (χ3v) is 4.54. The van der Waals surface area contributed by atoms with E-state index < -0.39 is 6.64 Å². The molecule has 0 aromatic rings. The summed E-state index contributed by atoms with van der Waals surface area (Å²) < 4.78 is 10.8. The van der Waals surface area contributed by atoms with E-state index in [9.17, 15) is 0 Å². The maximum atomic E-state index is 5.45. The fourth-order valence-electron chi connectivity index (χ4n) is 1.04. The average molecular weight is 209 g/mol. The van der Waals surface area contributed by atoms with E-state index in [-0.39, 0.29) is 0 Å². The molecule has 1 aliphatic rings. The van der Waals surface area contributed by atoms with Gasteiger partial charge in [-0.2, -0.15) is 0 Å². The molecule has 1 heterocycles. The Hall–Kier alpha value is 0.530. The van der Waals surface area contributed by atoms with E-state index in [4.69, 9.17) is 20.9 Å². The van der Waals surface area contributed by atoms with Crippen LogP contribution in [-0.2, 0) is 20.9 Å². The molecule has 0 aromatic heterocycles. The van der Waals surface area contributed by atoms with E-state index >= 15 is 0 Å². The molecule has 0 aliphatic carbocycles. The number of hydrogen-bond acceptors (Lipinski definition) is 3. The SMILES string of the molecule is CCOP1(=S)N[C@@H](C(C)C)CO1. The van der Waals surface area contributed by atoms with E-state index in [1.807, 2.05) is 6.92 Å². The van der Waals surface area contributed by atoms with Crippen LogP contribution in [0.3, 0.4) is 0 Å². The van der Waals surface area contributed by atoms with Crippen LogP contribution in [0.2, 0.25) is 0 Å². The second kappa shape index (κ2) is 4.16. The van der Waals surface area contributed by atoms with Gasteiger partial charge in [-0.05, 0) is 24.6 Å². The summed E-state index contributed by atoms with van der Waals surface area (Å²) in [6, 6.07) is 0.363. The van der Waals surface area contributed by atoms with E-state index in [2.05, 4.69) is 18.9 Å². The summed E-state index contributed by atoms with van der Waals surface area (Å²) in [4.78, 5) is 0. The molecule has 0 amide bonds. The summed E-state index contributed by atoms with van der Waals surface area (Å²) in [6.07, 6.45) is 0. The third-order valence-electron chi connectivity index (χ3n) is 1.85. The Morgan fingerprint density at radius 2 is 2.42 bits per heavy atom. The molecule has 0 radical (unpaired) electrons. The Morgan fingerprint density at radius 1 is 1.75 bits per heavy atom. The second-order valence-electron chi connectivity index (χ2n) is 3.19. The van der Waals surface area contributed by atoms with Gasteiger partial charge in [-0.3, -0.25) is 0 Å². The molecule has 1 fully saturated rings. The molecule has 3 nitrogen and oxygen atoms in total. The fourth-order valence-corrected chi connectivity index (χ4v) is 3.65. The minimum absolute atomic E-state index is 0.363. The summed E-state index contributed by atoms with van der Waals surface area (Å²) >= 11 is 5.22. The molecule has 0 aromatic carbocycles. The minimum Gasteiger partial charge on any atom is -0.318 e. The van der Waals surface area contributed by atoms with Gasteiger partial charge in [0.2, 0.25) is 0 Å². The van der Waals surface area contributed by atoms with Gasteiger partial charge in [0.25, 0.3) is 6.64 Å².